The Kier molecular flexibility index (Phi) is 3.57. The number of hydrogen-bond donors (Lipinski definition) is 1. The minimum absolute atomic E-state index is 0.137. The maximum absolute atomic E-state index is 11.6. The number of rotatable bonds is 4. The summed E-state index contributed by atoms with van der Waals surface area (Å²) in [7, 11) is 0. The zero-order valence-electron chi connectivity index (χ0n) is 10.1. The van der Waals surface area contributed by atoms with E-state index in [1.165, 1.54) is 0 Å². The summed E-state index contributed by atoms with van der Waals surface area (Å²) in [6.07, 6.45) is 1.63. The summed E-state index contributed by atoms with van der Waals surface area (Å²) in [4.78, 5) is 15.6. The number of hydrogen-bond acceptors (Lipinski definition) is 5. The SMILES string of the molecule is Cc1ccnc(NC(=O)COc2cc(C)on2)c1. The topological polar surface area (TPSA) is 77.2 Å². The molecule has 1 amide bonds. The smallest absolute Gasteiger partial charge is 0.263 e. The Bertz CT molecular complexity index is 551. The molecule has 0 atom stereocenters. The number of aryl methyl sites for hydroxylation is 2. The van der Waals surface area contributed by atoms with E-state index in [4.69, 9.17) is 9.26 Å². The van der Waals surface area contributed by atoms with Crippen LogP contribution < -0.4 is 10.1 Å². The van der Waals surface area contributed by atoms with Crippen LogP contribution in [-0.4, -0.2) is 22.7 Å². The highest BCUT2D eigenvalue weighted by atomic mass is 16.5. The van der Waals surface area contributed by atoms with E-state index in [9.17, 15) is 4.79 Å². The van der Waals surface area contributed by atoms with Crippen LogP contribution in [-0.2, 0) is 4.79 Å². The molecule has 2 aromatic rings. The number of ether oxygens (including phenoxy) is 1. The molecule has 1 N–H and O–H groups in total. The highest BCUT2D eigenvalue weighted by molar-refractivity contribution is 5.90. The molecule has 0 saturated heterocycles. The number of carbonyl (C=O) groups is 1. The third-order valence-corrected chi connectivity index (χ3v) is 2.14. The van der Waals surface area contributed by atoms with Gasteiger partial charge in [-0.25, -0.2) is 4.98 Å². The fourth-order valence-electron chi connectivity index (χ4n) is 1.33. The predicted molar refractivity (Wildman–Crippen MR) is 64.3 cm³/mol. The van der Waals surface area contributed by atoms with Crippen molar-refractivity contribution in [1.29, 1.82) is 0 Å². The second kappa shape index (κ2) is 5.31. The van der Waals surface area contributed by atoms with E-state index < -0.39 is 0 Å². The number of aromatic nitrogens is 2. The van der Waals surface area contributed by atoms with E-state index in [-0.39, 0.29) is 12.5 Å². The first-order valence-electron chi connectivity index (χ1n) is 5.42. The van der Waals surface area contributed by atoms with Crippen LogP contribution in [0.2, 0.25) is 0 Å². The fraction of sp³-hybridized carbons (Fsp3) is 0.250. The minimum Gasteiger partial charge on any atom is -0.465 e. The molecule has 0 aromatic carbocycles. The molecule has 6 heteroatoms. The molecule has 0 aliphatic rings. The molecule has 6 nitrogen and oxygen atoms in total. The lowest BCUT2D eigenvalue weighted by Crippen LogP contribution is -2.20. The van der Waals surface area contributed by atoms with E-state index >= 15 is 0 Å². The molecule has 0 fully saturated rings. The summed E-state index contributed by atoms with van der Waals surface area (Å²) >= 11 is 0. The van der Waals surface area contributed by atoms with Gasteiger partial charge in [0.1, 0.15) is 11.6 Å². The number of carbonyl (C=O) groups excluding carboxylic acids is 1. The Morgan fingerprint density at radius 3 is 2.94 bits per heavy atom. The van der Waals surface area contributed by atoms with Crippen molar-refractivity contribution in [2.24, 2.45) is 0 Å². The van der Waals surface area contributed by atoms with Crippen LogP contribution in [0.3, 0.4) is 0 Å². The van der Waals surface area contributed by atoms with Crippen LogP contribution in [0, 0.1) is 13.8 Å². The Hall–Kier alpha value is -2.37. The molecule has 0 aliphatic carbocycles. The molecule has 0 saturated carbocycles. The van der Waals surface area contributed by atoms with Gasteiger partial charge in [0.25, 0.3) is 11.8 Å². The molecule has 0 aliphatic heterocycles. The number of nitrogens with zero attached hydrogens (tertiary/aromatic N) is 2. The monoisotopic (exact) mass is 247 g/mol. The van der Waals surface area contributed by atoms with Gasteiger partial charge in [-0.05, 0) is 36.7 Å². The number of anilines is 1. The van der Waals surface area contributed by atoms with E-state index in [1.807, 2.05) is 13.0 Å². The number of pyridine rings is 1. The van der Waals surface area contributed by atoms with E-state index in [0.717, 1.165) is 5.56 Å². The van der Waals surface area contributed by atoms with Gasteiger partial charge in [-0.2, -0.15) is 0 Å². The fourth-order valence-corrected chi connectivity index (χ4v) is 1.33. The number of nitrogens with one attached hydrogen (secondary N) is 1. The van der Waals surface area contributed by atoms with Gasteiger partial charge in [-0.3, -0.25) is 4.79 Å². The second-order valence-electron chi connectivity index (χ2n) is 3.83. The van der Waals surface area contributed by atoms with Crippen molar-refractivity contribution in [2.45, 2.75) is 13.8 Å². The average molecular weight is 247 g/mol. The van der Waals surface area contributed by atoms with Crippen molar-refractivity contribution in [2.75, 3.05) is 11.9 Å². The van der Waals surface area contributed by atoms with Crippen molar-refractivity contribution < 1.29 is 14.1 Å². The van der Waals surface area contributed by atoms with Crippen LogP contribution in [0.25, 0.3) is 0 Å². The quantitative estimate of drug-likeness (QED) is 0.889. The molecule has 0 unspecified atom stereocenters. The maximum Gasteiger partial charge on any atom is 0.263 e. The Labute approximate surface area is 104 Å². The summed E-state index contributed by atoms with van der Waals surface area (Å²) in [6, 6.07) is 5.24. The second-order valence-corrected chi connectivity index (χ2v) is 3.83. The van der Waals surface area contributed by atoms with E-state index in [1.54, 1.807) is 25.3 Å². The van der Waals surface area contributed by atoms with Crippen LogP contribution in [0.4, 0.5) is 5.82 Å². The van der Waals surface area contributed by atoms with Crippen molar-refractivity contribution in [1.82, 2.24) is 10.1 Å². The Balaban J connectivity index is 1.85. The highest BCUT2D eigenvalue weighted by Crippen LogP contribution is 2.10. The third kappa shape index (κ3) is 3.31. The van der Waals surface area contributed by atoms with Gasteiger partial charge >= 0.3 is 0 Å². The van der Waals surface area contributed by atoms with Crippen molar-refractivity contribution >= 4 is 11.7 Å². The summed E-state index contributed by atoms with van der Waals surface area (Å²) in [5, 5.41) is 6.24. The molecule has 0 spiro atoms. The first-order chi connectivity index (χ1) is 8.63. The zero-order chi connectivity index (χ0) is 13.0. The van der Waals surface area contributed by atoms with Gasteiger partial charge < -0.3 is 14.6 Å². The summed E-state index contributed by atoms with van der Waals surface area (Å²) in [5.74, 6) is 1.12. The van der Waals surface area contributed by atoms with Gasteiger partial charge in [0.05, 0.1) is 0 Å². The lowest BCUT2D eigenvalue weighted by atomic mass is 10.3. The standard InChI is InChI=1S/C12H13N3O3/c1-8-3-4-13-10(5-8)14-11(16)7-17-12-6-9(2)18-15-12/h3-6H,7H2,1-2H3,(H,13,14,16). The molecule has 2 rings (SSSR count). The van der Waals surface area contributed by atoms with Crippen LogP contribution in [0.5, 0.6) is 5.88 Å². The first kappa shape index (κ1) is 12.1. The van der Waals surface area contributed by atoms with Crippen LogP contribution >= 0.6 is 0 Å². The van der Waals surface area contributed by atoms with Gasteiger partial charge in [-0.15, -0.1) is 0 Å². The molecule has 0 bridgehead atoms. The molecular weight excluding hydrogens is 234 g/mol. The van der Waals surface area contributed by atoms with Gasteiger partial charge in [0, 0.05) is 12.3 Å². The van der Waals surface area contributed by atoms with E-state index in [0.29, 0.717) is 17.5 Å². The minimum atomic E-state index is -0.297. The number of amides is 1. The van der Waals surface area contributed by atoms with Crippen LogP contribution in [0.15, 0.2) is 28.9 Å². The lowest BCUT2D eigenvalue weighted by Gasteiger charge is -2.04. The van der Waals surface area contributed by atoms with Crippen molar-refractivity contribution in [3.05, 3.63) is 35.7 Å². The molecular formula is C12H13N3O3. The molecule has 2 heterocycles. The Morgan fingerprint density at radius 2 is 2.28 bits per heavy atom. The molecule has 2 aromatic heterocycles. The molecule has 0 radical (unpaired) electrons. The van der Waals surface area contributed by atoms with Crippen molar-refractivity contribution in [3.63, 3.8) is 0 Å². The lowest BCUT2D eigenvalue weighted by molar-refractivity contribution is -0.118. The average Bonchev–Trinajstić information content (AvgIpc) is 2.73. The van der Waals surface area contributed by atoms with Crippen molar-refractivity contribution in [3.8, 4) is 5.88 Å². The van der Waals surface area contributed by atoms with Gasteiger partial charge in [0.15, 0.2) is 6.61 Å². The zero-order valence-corrected chi connectivity index (χ0v) is 10.1. The first-order valence-corrected chi connectivity index (χ1v) is 5.42. The summed E-state index contributed by atoms with van der Waals surface area (Å²) in [6.45, 7) is 3.53. The molecule has 94 valence electrons. The third-order valence-electron chi connectivity index (χ3n) is 2.14. The molecule has 18 heavy (non-hydrogen) atoms. The Morgan fingerprint density at radius 1 is 1.44 bits per heavy atom. The van der Waals surface area contributed by atoms with Crippen LogP contribution in [0.1, 0.15) is 11.3 Å². The predicted octanol–water partition coefficient (Wildman–Crippen LogP) is 1.70. The van der Waals surface area contributed by atoms with Gasteiger partial charge in [-0.1, -0.05) is 0 Å². The van der Waals surface area contributed by atoms with E-state index in [2.05, 4.69) is 15.5 Å². The highest BCUT2D eigenvalue weighted by Gasteiger charge is 2.07. The summed E-state index contributed by atoms with van der Waals surface area (Å²) < 4.78 is 9.96. The summed E-state index contributed by atoms with van der Waals surface area (Å²) in [5.41, 5.74) is 1.02. The maximum atomic E-state index is 11.6. The normalized spacial score (nSPS) is 10.1. The largest absolute Gasteiger partial charge is 0.465 e. The van der Waals surface area contributed by atoms with Gasteiger partial charge in [0.2, 0.25) is 0 Å².